The number of thioether (sulfide) groups is 1. The maximum absolute atomic E-state index is 6.41. The van der Waals surface area contributed by atoms with Gasteiger partial charge in [0.15, 0.2) is 0 Å². The summed E-state index contributed by atoms with van der Waals surface area (Å²) in [6.45, 7) is 0.726. The quantitative estimate of drug-likeness (QED) is 0.715. The monoisotopic (exact) mass is 345 g/mol. The summed E-state index contributed by atoms with van der Waals surface area (Å²) >= 11 is 7.93. The van der Waals surface area contributed by atoms with Crippen molar-refractivity contribution in [2.24, 2.45) is 5.73 Å². The summed E-state index contributed by atoms with van der Waals surface area (Å²) in [5, 5.41) is 0.750. The third-order valence-corrected chi connectivity index (χ3v) is 4.76. The average molecular weight is 346 g/mol. The van der Waals surface area contributed by atoms with E-state index in [0.29, 0.717) is 0 Å². The van der Waals surface area contributed by atoms with E-state index >= 15 is 0 Å². The number of benzene rings is 2. The molecule has 0 radical (unpaired) electrons. The van der Waals surface area contributed by atoms with Gasteiger partial charge in [0.1, 0.15) is 5.82 Å². The van der Waals surface area contributed by atoms with Gasteiger partial charge in [-0.3, -0.25) is 0 Å². The van der Waals surface area contributed by atoms with Crippen molar-refractivity contribution >= 4 is 34.4 Å². The summed E-state index contributed by atoms with van der Waals surface area (Å²) in [5.41, 5.74) is 9.66. The molecule has 0 saturated carbocycles. The third-order valence-electron chi connectivity index (χ3n) is 3.88. The summed E-state index contributed by atoms with van der Waals surface area (Å²) in [4.78, 5) is 4.78. The predicted octanol–water partition coefficient (Wildman–Crippen LogP) is 4.49. The molecule has 0 aliphatic carbocycles. The average Bonchev–Trinajstić information content (AvgIpc) is 2.91. The third kappa shape index (κ3) is 3.71. The van der Waals surface area contributed by atoms with E-state index in [0.717, 1.165) is 46.2 Å². The van der Waals surface area contributed by atoms with Crippen LogP contribution in [0.2, 0.25) is 5.02 Å². The molecule has 3 rings (SSSR count). The first-order valence-corrected chi connectivity index (χ1v) is 9.40. The second-order valence-electron chi connectivity index (χ2n) is 5.56. The van der Waals surface area contributed by atoms with Crippen molar-refractivity contribution in [1.82, 2.24) is 9.55 Å². The van der Waals surface area contributed by atoms with E-state index in [2.05, 4.69) is 23.0 Å². The molecule has 120 valence electrons. The van der Waals surface area contributed by atoms with E-state index in [9.17, 15) is 0 Å². The smallest absolute Gasteiger partial charge is 0.127 e. The highest BCUT2D eigenvalue weighted by atomic mass is 35.5. The number of fused-ring (bicyclic) bond motifs is 1. The molecule has 3 aromatic rings. The molecule has 0 bridgehead atoms. The molecule has 0 fully saturated rings. The van der Waals surface area contributed by atoms with E-state index < -0.39 is 0 Å². The second-order valence-corrected chi connectivity index (χ2v) is 6.98. The summed E-state index contributed by atoms with van der Waals surface area (Å²) in [5.74, 6) is 1.97. The highest BCUT2D eigenvalue weighted by Crippen LogP contribution is 2.24. The summed E-state index contributed by atoms with van der Waals surface area (Å²) in [6.07, 6.45) is 3.02. The lowest BCUT2D eigenvalue weighted by Crippen LogP contribution is -2.18. The van der Waals surface area contributed by atoms with Gasteiger partial charge in [-0.15, -0.1) is 0 Å². The topological polar surface area (TPSA) is 43.8 Å². The molecule has 2 N–H and O–H groups in total. The standard InChI is InChI=1S/C18H20ClN3S/c1-23-10-9-15(20)18-21-16-7-2-3-8-17(16)22(18)12-13-5-4-6-14(19)11-13/h2-8,11,15H,9-10,12,20H2,1H3. The van der Waals surface area contributed by atoms with Crippen LogP contribution in [0, 0.1) is 0 Å². The Hall–Kier alpha value is -1.49. The van der Waals surface area contributed by atoms with Crippen molar-refractivity contribution in [3.8, 4) is 0 Å². The number of halogens is 1. The van der Waals surface area contributed by atoms with Crippen molar-refractivity contribution in [2.75, 3.05) is 12.0 Å². The summed E-state index contributed by atoms with van der Waals surface area (Å²) in [6, 6.07) is 16.1. The van der Waals surface area contributed by atoms with Crippen LogP contribution in [0.4, 0.5) is 0 Å². The number of imidazole rings is 1. The second kappa shape index (κ2) is 7.39. The first kappa shape index (κ1) is 16.4. The van der Waals surface area contributed by atoms with Gasteiger partial charge < -0.3 is 10.3 Å². The highest BCUT2D eigenvalue weighted by molar-refractivity contribution is 7.98. The highest BCUT2D eigenvalue weighted by Gasteiger charge is 2.17. The van der Waals surface area contributed by atoms with Crippen molar-refractivity contribution in [3.05, 3.63) is 64.9 Å². The lowest BCUT2D eigenvalue weighted by atomic mass is 10.2. The molecule has 0 amide bonds. The van der Waals surface area contributed by atoms with Gasteiger partial charge >= 0.3 is 0 Å². The van der Waals surface area contributed by atoms with E-state index in [1.807, 2.05) is 48.2 Å². The summed E-state index contributed by atoms with van der Waals surface area (Å²) in [7, 11) is 0. The SMILES string of the molecule is CSCCC(N)c1nc2ccccc2n1Cc1cccc(Cl)c1. The van der Waals surface area contributed by atoms with E-state index in [4.69, 9.17) is 22.3 Å². The molecular formula is C18H20ClN3S. The number of aromatic nitrogens is 2. The zero-order valence-corrected chi connectivity index (χ0v) is 14.6. The van der Waals surface area contributed by atoms with Crippen molar-refractivity contribution in [1.29, 1.82) is 0 Å². The van der Waals surface area contributed by atoms with E-state index in [-0.39, 0.29) is 6.04 Å². The summed E-state index contributed by atoms with van der Waals surface area (Å²) < 4.78 is 2.21. The minimum absolute atomic E-state index is 0.0611. The molecule has 1 atom stereocenters. The molecule has 1 heterocycles. The Bertz CT molecular complexity index is 800. The Labute approximate surface area is 145 Å². The maximum Gasteiger partial charge on any atom is 0.127 e. The largest absolute Gasteiger partial charge is 0.322 e. The number of para-hydroxylation sites is 2. The number of nitrogens with zero attached hydrogens (tertiary/aromatic N) is 2. The van der Waals surface area contributed by atoms with Crippen molar-refractivity contribution < 1.29 is 0 Å². The molecule has 0 saturated heterocycles. The molecule has 5 heteroatoms. The lowest BCUT2D eigenvalue weighted by Gasteiger charge is -2.15. The van der Waals surface area contributed by atoms with Crippen LogP contribution in [0.1, 0.15) is 23.9 Å². The number of nitrogens with two attached hydrogens (primary N) is 1. The fourth-order valence-electron chi connectivity index (χ4n) is 2.74. The van der Waals surface area contributed by atoms with E-state index in [1.165, 1.54) is 0 Å². The first-order valence-electron chi connectivity index (χ1n) is 7.63. The normalized spacial score (nSPS) is 12.7. The molecule has 0 aliphatic rings. The predicted molar refractivity (Wildman–Crippen MR) is 100 cm³/mol. The molecule has 0 spiro atoms. The maximum atomic E-state index is 6.41. The van der Waals surface area contributed by atoms with Gasteiger partial charge in [0.05, 0.1) is 17.1 Å². The Morgan fingerprint density at radius 1 is 1.22 bits per heavy atom. The number of hydrogen-bond acceptors (Lipinski definition) is 3. The fourth-order valence-corrected chi connectivity index (χ4v) is 3.44. The molecule has 3 nitrogen and oxygen atoms in total. The first-order chi connectivity index (χ1) is 11.2. The number of rotatable bonds is 6. The van der Waals surface area contributed by atoms with Crippen LogP contribution >= 0.6 is 23.4 Å². The van der Waals surface area contributed by atoms with E-state index in [1.54, 1.807) is 0 Å². The van der Waals surface area contributed by atoms with Crippen LogP contribution in [0.15, 0.2) is 48.5 Å². The molecule has 0 aliphatic heterocycles. The molecular weight excluding hydrogens is 326 g/mol. The molecule has 1 unspecified atom stereocenters. The Morgan fingerprint density at radius 3 is 2.83 bits per heavy atom. The van der Waals surface area contributed by atoms with Gasteiger partial charge in [-0.25, -0.2) is 4.98 Å². The Balaban J connectivity index is 2.02. The van der Waals surface area contributed by atoms with Gasteiger partial charge in [0, 0.05) is 11.6 Å². The van der Waals surface area contributed by atoms with Gasteiger partial charge in [0.2, 0.25) is 0 Å². The van der Waals surface area contributed by atoms with Gasteiger partial charge in [0.25, 0.3) is 0 Å². The van der Waals surface area contributed by atoms with Crippen LogP contribution in [0.25, 0.3) is 11.0 Å². The van der Waals surface area contributed by atoms with Crippen LogP contribution in [0.5, 0.6) is 0 Å². The Morgan fingerprint density at radius 2 is 2.04 bits per heavy atom. The fraction of sp³-hybridized carbons (Fsp3) is 0.278. The van der Waals surface area contributed by atoms with Crippen LogP contribution < -0.4 is 5.73 Å². The number of hydrogen-bond donors (Lipinski definition) is 1. The van der Waals surface area contributed by atoms with Crippen LogP contribution in [0.3, 0.4) is 0 Å². The Kier molecular flexibility index (Phi) is 5.26. The zero-order valence-electron chi connectivity index (χ0n) is 13.1. The minimum Gasteiger partial charge on any atom is -0.322 e. The molecule has 1 aromatic heterocycles. The molecule has 2 aromatic carbocycles. The zero-order chi connectivity index (χ0) is 16.2. The molecule has 23 heavy (non-hydrogen) atoms. The van der Waals surface area contributed by atoms with Gasteiger partial charge in [-0.05, 0) is 48.3 Å². The van der Waals surface area contributed by atoms with Crippen LogP contribution in [-0.4, -0.2) is 21.6 Å². The van der Waals surface area contributed by atoms with Gasteiger partial charge in [-0.1, -0.05) is 35.9 Å². The van der Waals surface area contributed by atoms with Gasteiger partial charge in [-0.2, -0.15) is 11.8 Å². The van der Waals surface area contributed by atoms with Crippen LogP contribution in [-0.2, 0) is 6.54 Å². The van der Waals surface area contributed by atoms with Crippen molar-refractivity contribution in [2.45, 2.75) is 19.0 Å². The lowest BCUT2D eigenvalue weighted by molar-refractivity contribution is 0.609. The van der Waals surface area contributed by atoms with Crippen molar-refractivity contribution in [3.63, 3.8) is 0 Å². The minimum atomic E-state index is -0.0611.